The number of hydrogen-bond donors (Lipinski definition) is 8. The van der Waals surface area contributed by atoms with Gasteiger partial charge in [0.2, 0.25) is 23.6 Å². The van der Waals surface area contributed by atoms with Crippen LogP contribution in [0.25, 0.3) is 0 Å². The van der Waals surface area contributed by atoms with Gasteiger partial charge >= 0.3 is 11.9 Å². The van der Waals surface area contributed by atoms with Crippen LogP contribution in [0.3, 0.4) is 0 Å². The molecule has 0 aliphatic rings. The maximum Gasteiger partial charge on any atom is 0.326 e. The average Bonchev–Trinajstić information content (AvgIpc) is 2.85. The average molecular weight is 537 g/mol. The van der Waals surface area contributed by atoms with E-state index in [0.29, 0.717) is 24.9 Å². The van der Waals surface area contributed by atoms with E-state index in [-0.39, 0.29) is 25.7 Å². The number of carbonyl (C=O) groups excluding carboxylic acids is 4. The van der Waals surface area contributed by atoms with Crippen molar-refractivity contribution < 1.29 is 39.0 Å². The number of primary amides is 1. The van der Waals surface area contributed by atoms with Crippen molar-refractivity contribution in [2.75, 3.05) is 6.54 Å². The van der Waals surface area contributed by atoms with Gasteiger partial charge in [-0.2, -0.15) is 0 Å². The van der Waals surface area contributed by atoms with Crippen LogP contribution >= 0.6 is 0 Å². The summed E-state index contributed by atoms with van der Waals surface area (Å²) in [7, 11) is 0. The molecule has 4 atom stereocenters. The Hall–Kier alpha value is -4.04. The Balaban J connectivity index is 3.10. The second-order valence-electron chi connectivity index (χ2n) is 8.71. The fraction of sp³-hybridized carbons (Fsp3) is 0.500. The zero-order valence-corrected chi connectivity index (χ0v) is 20.9. The number of carbonyl (C=O) groups is 6. The molecule has 1 rings (SSSR count). The second-order valence-corrected chi connectivity index (χ2v) is 8.71. The molecule has 0 aliphatic heterocycles. The molecule has 0 saturated carbocycles. The van der Waals surface area contributed by atoms with E-state index in [1.165, 1.54) is 0 Å². The Bertz CT molecular complexity index is 974. The van der Waals surface area contributed by atoms with E-state index < -0.39 is 66.2 Å². The molecule has 0 bridgehead atoms. The molecule has 210 valence electrons. The van der Waals surface area contributed by atoms with Crippen LogP contribution in [-0.4, -0.2) is 76.5 Å². The highest BCUT2D eigenvalue weighted by Gasteiger charge is 2.31. The van der Waals surface area contributed by atoms with Crippen molar-refractivity contribution >= 4 is 35.6 Å². The topological polar surface area (TPSA) is 257 Å². The molecule has 0 fully saturated rings. The van der Waals surface area contributed by atoms with Gasteiger partial charge in [0.25, 0.3) is 0 Å². The molecule has 0 radical (unpaired) electrons. The van der Waals surface area contributed by atoms with E-state index in [2.05, 4.69) is 16.0 Å². The van der Waals surface area contributed by atoms with Gasteiger partial charge in [-0.25, -0.2) is 4.79 Å². The van der Waals surface area contributed by atoms with Gasteiger partial charge < -0.3 is 43.4 Å². The van der Waals surface area contributed by atoms with Crippen LogP contribution in [0.5, 0.6) is 0 Å². The van der Waals surface area contributed by atoms with Crippen LogP contribution < -0.4 is 33.2 Å². The molecular weight excluding hydrogens is 500 g/mol. The summed E-state index contributed by atoms with van der Waals surface area (Å²) in [5.41, 5.74) is 17.1. The third kappa shape index (κ3) is 12.3. The number of benzene rings is 1. The number of rotatable bonds is 18. The number of hydrogen-bond acceptors (Lipinski definition) is 8. The molecule has 4 unspecified atom stereocenters. The molecule has 0 spiro atoms. The summed E-state index contributed by atoms with van der Waals surface area (Å²) >= 11 is 0. The lowest BCUT2D eigenvalue weighted by atomic mass is 10.0. The monoisotopic (exact) mass is 536 g/mol. The predicted octanol–water partition coefficient (Wildman–Crippen LogP) is -2.04. The van der Waals surface area contributed by atoms with Crippen LogP contribution in [-0.2, 0) is 35.2 Å². The fourth-order valence-electron chi connectivity index (χ4n) is 3.45. The molecule has 0 saturated heterocycles. The summed E-state index contributed by atoms with van der Waals surface area (Å²) in [6.45, 7) is 0.347. The van der Waals surface area contributed by atoms with Crippen molar-refractivity contribution in [3.8, 4) is 0 Å². The van der Waals surface area contributed by atoms with E-state index in [9.17, 15) is 33.9 Å². The Morgan fingerprint density at radius 2 is 1.37 bits per heavy atom. The Morgan fingerprint density at radius 1 is 0.789 bits per heavy atom. The normalized spacial score (nSPS) is 13.8. The van der Waals surface area contributed by atoms with E-state index in [1.807, 2.05) is 0 Å². The van der Waals surface area contributed by atoms with Gasteiger partial charge in [-0.05, 0) is 37.8 Å². The van der Waals surface area contributed by atoms with Crippen LogP contribution in [0.15, 0.2) is 30.3 Å². The van der Waals surface area contributed by atoms with E-state index in [4.69, 9.17) is 22.3 Å². The number of carboxylic acid groups (broad SMARTS) is 2. The van der Waals surface area contributed by atoms with Crippen molar-refractivity contribution in [2.24, 2.45) is 17.2 Å². The molecular formula is C24H36N6O8. The first-order valence-electron chi connectivity index (χ1n) is 12.1. The lowest BCUT2D eigenvalue weighted by Gasteiger charge is -2.25. The summed E-state index contributed by atoms with van der Waals surface area (Å²) in [4.78, 5) is 72.2. The van der Waals surface area contributed by atoms with Gasteiger partial charge in [-0.1, -0.05) is 30.3 Å². The van der Waals surface area contributed by atoms with Crippen LogP contribution in [0.1, 0.15) is 44.1 Å². The van der Waals surface area contributed by atoms with Crippen molar-refractivity contribution in [1.29, 1.82) is 0 Å². The first-order chi connectivity index (χ1) is 17.9. The molecule has 4 amide bonds. The third-order valence-electron chi connectivity index (χ3n) is 5.53. The minimum Gasteiger partial charge on any atom is -0.481 e. The number of unbranched alkanes of at least 4 members (excludes halogenated alkanes) is 1. The first kappa shape index (κ1) is 32.0. The summed E-state index contributed by atoms with van der Waals surface area (Å²) in [6, 6.07) is 3.30. The summed E-state index contributed by atoms with van der Waals surface area (Å²) < 4.78 is 0. The standard InChI is InChI=1S/C24H36N6O8/c25-11-5-4-8-16(28-21(34)15(26)9-10-19(27)31)22(35)29-17(12-14-6-2-1-3-7-14)23(36)30-18(24(37)38)13-20(32)33/h1-3,6-7,15-18H,4-5,8-13,25-26H2,(H2,27,31)(H,28,34)(H,29,35)(H,30,36)(H,32,33)(H,37,38). The van der Waals surface area contributed by atoms with Gasteiger partial charge in [0, 0.05) is 12.8 Å². The molecule has 14 nitrogen and oxygen atoms in total. The van der Waals surface area contributed by atoms with Crippen molar-refractivity contribution in [3.63, 3.8) is 0 Å². The van der Waals surface area contributed by atoms with Crippen molar-refractivity contribution in [1.82, 2.24) is 16.0 Å². The number of aliphatic carboxylic acids is 2. The number of nitrogens with two attached hydrogens (primary N) is 3. The lowest BCUT2D eigenvalue weighted by Crippen LogP contribution is -2.57. The molecule has 0 aromatic heterocycles. The Kier molecular flexibility index (Phi) is 14.0. The van der Waals surface area contributed by atoms with Gasteiger partial charge in [-0.3, -0.25) is 24.0 Å². The third-order valence-corrected chi connectivity index (χ3v) is 5.53. The quantitative estimate of drug-likeness (QED) is 0.0953. The highest BCUT2D eigenvalue weighted by molar-refractivity contribution is 5.94. The fourth-order valence-corrected chi connectivity index (χ4v) is 3.45. The minimum absolute atomic E-state index is 0.0303. The van der Waals surface area contributed by atoms with E-state index in [0.717, 1.165) is 0 Å². The summed E-state index contributed by atoms with van der Waals surface area (Å²) in [6.07, 6.45) is 0.106. The Labute approximate surface area is 219 Å². The van der Waals surface area contributed by atoms with Gasteiger partial charge in [0.05, 0.1) is 12.5 Å². The molecule has 0 aliphatic carbocycles. The Morgan fingerprint density at radius 3 is 1.92 bits per heavy atom. The van der Waals surface area contributed by atoms with Crippen molar-refractivity contribution in [3.05, 3.63) is 35.9 Å². The zero-order valence-electron chi connectivity index (χ0n) is 20.9. The van der Waals surface area contributed by atoms with Gasteiger partial charge in [0.1, 0.15) is 18.1 Å². The molecule has 38 heavy (non-hydrogen) atoms. The predicted molar refractivity (Wildman–Crippen MR) is 135 cm³/mol. The van der Waals surface area contributed by atoms with Gasteiger partial charge in [0.15, 0.2) is 0 Å². The van der Waals surface area contributed by atoms with E-state index in [1.54, 1.807) is 30.3 Å². The maximum absolute atomic E-state index is 13.2. The molecule has 0 heterocycles. The number of nitrogens with one attached hydrogen (secondary N) is 3. The lowest BCUT2D eigenvalue weighted by molar-refractivity contribution is -0.147. The van der Waals surface area contributed by atoms with Crippen molar-refractivity contribution in [2.45, 2.75) is 69.1 Å². The molecule has 11 N–H and O–H groups in total. The highest BCUT2D eigenvalue weighted by Crippen LogP contribution is 2.08. The smallest absolute Gasteiger partial charge is 0.326 e. The second kappa shape index (κ2) is 16.7. The van der Waals surface area contributed by atoms with Crippen LogP contribution in [0, 0.1) is 0 Å². The SMILES string of the molecule is NCCCCC(NC(=O)C(N)CCC(N)=O)C(=O)NC(Cc1ccccc1)C(=O)NC(CC(=O)O)C(=O)O. The molecule has 1 aromatic rings. The largest absolute Gasteiger partial charge is 0.481 e. The summed E-state index contributed by atoms with van der Waals surface area (Å²) in [5.74, 6) is -5.97. The first-order valence-corrected chi connectivity index (χ1v) is 12.1. The molecule has 1 aromatic carbocycles. The zero-order chi connectivity index (χ0) is 28.7. The molecule has 14 heteroatoms. The van der Waals surface area contributed by atoms with E-state index >= 15 is 0 Å². The summed E-state index contributed by atoms with van der Waals surface area (Å²) in [5, 5.41) is 25.5. The van der Waals surface area contributed by atoms with Crippen LogP contribution in [0.4, 0.5) is 0 Å². The van der Waals surface area contributed by atoms with Crippen LogP contribution in [0.2, 0.25) is 0 Å². The van der Waals surface area contributed by atoms with Gasteiger partial charge in [-0.15, -0.1) is 0 Å². The number of carboxylic acids is 2. The minimum atomic E-state index is -1.72. The maximum atomic E-state index is 13.2. The number of amides is 4. The highest BCUT2D eigenvalue weighted by atomic mass is 16.4.